The standard InChI is InChI=1S/C24H34N4O3/c29-22-14-20-10-11-21(15-22)28(20)24(31)25-17-4-3-12-26(16-17)18-6-8-19(9-7-18)27-13-2-1-5-23(27)30/h6-9,17,20-22,29H,1-5,10-16H2,(H,25,31)/t17-,20-,21+,22+/m0/s1. The summed E-state index contributed by atoms with van der Waals surface area (Å²) in [5.41, 5.74) is 2.13. The van der Waals surface area contributed by atoms with E-state index in [2.05, 4.69) is 34.5 Å². The predicted octanol–water partition coefficient (Wildman–Crippen LogP) is 2.87. The van der Waals surface area contributed by atoms with Crippen LogP contribution in [0, 0.1) is 0 Å². The molecule has 1 aromatic rings. The number of urea groups is 1. The fourth-order valence-electron chi connectivity index (χ4n) is 5.98. The first-order valence-electron chi connectivity index (χ1n) is 12.0. The molecule has 4 atom stereocenters. The number of nitrogens with one attached hydrogen (secondary N) is 1. The van der Waals surface area contributed by atoms with Gasteiger partial charge in [0.1, 0.15) is 0 Å². The van der Waals surface area contributed by atoms with E-state index in [9.17, 15) is 14.7 Å². The summed E-state index contributed by atoms with van der Waals surface area (Å²) in [5, 5.41) is 13.3. The summed E-state index contributed by atoms with van der Waals surface area (Å²) in [4.78, 5) is 31.4. The van der Waals surface area contributed by atoms with E-state index in [1.165, 1.54) is 0 Å². The average molecular weight is 427 g/mol. The van der Waals surface area contributed by atoms with Gasteiger partial charge in [-0.15, -0.1) is 0 Å². The Bertz CT molecular complexity index is 800. The molecular formula is C24H34N4O3. The van der Waals surface area contributed by atoms with Crippen LogP contribution in [-0.2, 0) is 4.79 Å². The number of piperidine rings is 3. The Kier molecular flexibility index (Phi) is 5.78. The number of hydrogen-bond donors (Lipinski definition) is 2. The summed E-state index contributed by atoms with van der Waals surface area (Å²) in [6, 6.07) is 8.88. The molecule has 0 spiro atoms. The van der Waals surface area contributed by atoms with E-state index in [1.54, 1.807) is 0 Å². The molecule has 0 unspecified atom stereocenters. The lowest BCUT2D eigenvalue weighted by Crippen LogP contribution is -2.56. The third kappa shape index (κ3) is 4.25. The molecule has 4 aliphatic heterocycles. The van der Waals surface area contributed by atoms with Gasteiger partial charge in [-0.1, -0.05) is 0 Å². The number of aliphatic hydroxyl groups is 1. The molecule has 0 aromatic heterocycles. The number of benzene rings is 1. The highest BCUT2D eigenvalue weighted by Gasteiger charge is 2.43. The summed E-state index contributed by atoms with van der Waals surface area (Å²) in [6.07, 6.45) is 7.95. The van der Waals surface area contributed by atoms with Gasteiger partial charge in [-0.3, -0.25) is 4.79 Å². The highest BCUT2D eigenvalue weighted by Crippen LogP contribution is 2.36. The lowest BCUT2D eigenvalue weighted by Gasteiger charge is -2.40. The Morgan fingerprint density at radius 2 is 1.65 bits per heavy atom. The molecule has 3 amide bonds. The predicted molar refractivity (Wildman–Crippen MR) is 120 cm³/mol. The first-order chi connectivity index (χ1) is 15.1. The molecule has 0 radical (unpaired) electrons. The van der Waals surface area contributed by atoms with Gasteiger partial charge >= 0.3 is 6.03 Å². The highest BCUT2D eigenvalue weighted by atomic mass is 16.3. The van der Waals surface area contributed by atoms with Crippen LogP contribution in [0.2, 0.25) is 0 Å². The quantitative estimate of drug-likeness (QED) is 0.779. The fourth-order valence-corrected chi connectivity index (χ4v) is 5.98. The van der Waals surface area contributed by atoms with Gasteiger partial charge in [0.25, 0.3) is 0 Å². The second-order valence-electron chi connectivity index (χ2n) is 9.67. The first kappa shape index (κ1) is 20.6. The van der Waals surface area contributed by atoms with Crippen molar-refractivity contribution in [2.75, 3.05) is 29.4 Å². The van der Waals surface area contributed by atoms with Crippen LogP contribution < -0.4 is 15.1 Å². The van der Waals surface area contributed by atoms with E-state index >= 15 is 0 Å². The zero-order valence-electron chi connectivity index (χ0n) is 18.2. The van der Waals surface area contributed by atoms with Crippen molar-refractivity contribution in [2.24, 2.45) is 0 Å². The van der Waals surface area contributed by atoms with Crippen LogP contribution in [0.1, 0.15) is 57.8 Å². The Labute approximate surface area is 184 Å². The first-order valence-corrected chi connectivity index (χ1v) is 12.0. The van der Waals surface area contributed by atoms with E-state index < -0.39 is 0 Å². The normalized spacial score (nSPS) is 31.1. The Hall–Kier alpha value is -2.28. The Balaban J connectivity index is 1.20. The molecule has 0 aliphatic carbocycles. The molecule has 31 heavy (non-hydrogen) atoms. The van der Waals surface area contributed by atoms with E-state index in [-0.39, 0.29) is 36.2 Å². The monoisotopic (exact) mass is 426 g/mol. The van der Waals surface area contributed by atoms with Crippen molar-refractivity contribution in [3.63, 3.8) is 0 Å². The molecule has 1 aromatic carbocycles. The molecule has 2 bridgehead atoms. The van der Waals surface area contributed by atoms with Crippen LogP contribution in [-0.4, -0.2) is 65.8 Å². The van der Waals surface area contributed by atoms with Crippen LogP contribution in [0.25, 0.3) is 0 Å². The molecule has 168 valence electrons. The summed E-state index contributed by atoms with van der Waals surface area (Å²) >= 11 is 0. The smallest absolute Gasteiger partial charge is 0.318 e. The third-order valence-electron chi connectivity index (χ3n) is 7.54. The van der Waals surface area contributed by atoms with E-state index in [0.29, 0.717) is 19.3 Å². The minimum absolute atomic E-state index is 0.0465. The number of fused-ring (bicyclic) bond motifs is 2. The molecule has 2 N–H and O–H groups in total. The van der Waals surface area contributed by atoms with Crippen LogP contribution >= 0.6 is 0 Å². The maximum Gasteiger partial charge on any atom is 0.318 e. The number of carbonyl (C=O) groups excluding carboxylic acids is 2. The third-order valence-corrected chi connectivity index (χ3v) is 7.54. The summed E-state index contributed by atoms with van der Waals surface area (Å²) in [7, 11) is 0. The van der Waals surface area contributed by atoms with Gasteiger partial charge in [0.15, 0.2) is 0 Å². The number of nitrogens with zero attached hydrogens (tertiary/aromatic N) is 3. The van der Waals surface area contributed by atoms with Crippen molar-refractivity contribution in [3.8, 4) is 0 Å². The Morgan fingerprint density at radius 3 is 2.35 bits per heavy atom. The fraction of sp³-hybridized carbons (Fsp3) is 0.667. The van der Waals surface area contributed by atoms with Gasteiger partial charge in [0, 0.05) is 55.6 Å². The largest absolute Gasteiger partial charge is 0.393 e. The topological polar surface area (TPSA) is 76.1 Å². The summed E-state index contributed by atoms with van der Waals surface area (Å²) in [6.45, 7) is 2.60. The average Bonchev–Trinajstić information content (AvgIpc) is 3.06. The van der Waals surface area contributed by atoms with Crippen LogP contribution in [0.4, 0.5) is 16.2 Å². The molecule has 5 rings (SSSR count). The van der Waals surface area contributed by atoms with Gasteiger partial charge in [-0.05, 0) is 75.6 Å². The van der Waals surface area contributed by atoms with Gasteiger partial charge in [-0.25, -0.2) is 4.79 Å². The van der Waals surface area contributed by atoms with Gasteiger partial charge in [0.2, 0.25) is 5.91 Å². The van der Waals surface area contributed by atoms with Gasteiger partial charge in [0.05, 0.1) is 6.10 Å². The van der Waals surface area contributed by atoms with Crippen molar-refractivity contribution in [1.82, 2.24) is 10.2 Å². The second-order valence-corrected chi connectivity index (χ2v) is 9.67. The lowest BCUT2D eigenvalue weighted by molar-refractivity contribution is -0.119. The van der Waals surface area contributed by atoms with Gasteiger partial charge in [-0.2, -0.15) is 0 Å². The number of carbonyl (C=O) groups is 2. The van der Waals surface area contributed by atoms with Crippen molar-refractivity contribution in [3.05, 3.63) is 24.3 Å². The number of rotatable bonds is 3. The zero-order chi connectivity index (χ0) is 21.4. The molecular weight excluding hydrogens is 392 g/mol. The molecule has 7 nitrogen and oxygen atoms in total. The minimum Gasteiger partial charge on any atom is -0.393 e. The molecule has 4 saturated heterocycles. The maximum atomic E-state index is 13.0. The molecule has 4 aliphatic rings. The number of amides is 3. The van der Waals surface area contributed by atoms with Gasteiger partial charge < -0.3 is 25.1 Å². The number of aliphatic hydroxyl groups excluding tert-OH is 1. The van der Waals surface area contributed by atoms with Crippen molar-refractivity contribution in [2.45, 2.75) is 82.0 Å². The van der Waals surface area contributed by atoms with E-state index in [0.717, 1.165) is 69.5 Å². The van der Waals surface area contributed by atoms with Crippen molar-refractivity contribution < 1.29 is 14.7 Å². The van der Waals surface area contributed by atoms with Crippen LogP contribution in [0.3, 0.4) is 0 Å². The van der Waals surface area contributed by atoms with Crippen LogP contribution in [0.5, 0.6) is 0 Å². The maximum absolute atomic E-state index is 13.0. The van der Waals surface area contributed by atoms with E-state index in [1.807, 2.05) is 9.80 Å². The minimum atomic E-state index is -0.255. The SMILES string of the molecule is O=C1CCCCN1c1ccc(N2CCC[C@H](NC(=O)N3[C@@H]4CC[C@H]3C[C@@H](O)C4)C2)cc1. The molecule has 4 fully saturated rings. The van der Waals surface area contributed by atoms with Crippen LogP contribution in [0.15, 0.2) is 24.3 Å². The van der Waals surface area contributed by atoms with Crippen molar-refractivity contribution in [1.29, 1.82) is 0 Å². The summed E-state index contributed by atoms with van der Waals surface area (Å²) in [5.74, 6) is 0.221. The summed E-state index contributed by atoms with van der Waals surface area (Å²) < 4.78 is 0. The number of hydrogen-bond acceptors (Lipinski definition) is 4. The van der Waals surface area contributed by atoms with E-state index in [4.69, 9.17) is 0 Å². The molecule has 4 heterocycles. The van der Waals surface area contributed by atoms with Crippen molar-refractivity contribution >= 4 is 23.3 Å². The lowest BCUT2D eigenvalue weighted by atomic mass is 10.00. The zero-order valence-corrected chi connectivity index (χ0v) is 18.2. The molecule has 0 saturated carbocycles. The molecule has 7 heteroatoms. The Morgan fingerprint density at radius 1 is 0.935 bits per heavy atom. The number of anilines is 2. The highest BCUT2D eigenvalue weighted by molar-refractivity contribution is 5.94. The second kappa shape index (κ2) is 8.69.